The van der Waals surface area contributed by atoms with Gasteiger partial charge in [0.1, 0.15) is 18.1 Å². The summed E-state index contributed by atoms with van der Waals surface area (Å²) in [5, 5.41) is 0. The maximum absolute atomic E-state index is 12.5. The first-order valence-electron chi connectivity index (χ1n) is 20.1. The van der Waals surface area contributed by atoms with E-state index in [1.54, 1.807) is 29.7 Å². The minimum absolute atomic E-state index is 0.0741. The Morgan fingerprint density at radius 1 is 0.509 bits per heavy atom. The highest BCUT2D eigenvalue weighted by molar-refractivity contribution is 9.10. The first-order chi connectivity index (χ1) is 28.0. The maximum Gasteiger partial charge on any atom is 0.324 e. The highest BCUT2D eigenvalue weighted by Crippen LogP contribution is 2.21. The third-order valence-corrected chi connectivity index (χ3v) is 10.1. The van der Waals surface area contributed by atoms with Crippen LogP contribution in [-0.4, -0.2) is 111 Å². The fraction of sp³-hybridized carbons (Fsp3) is 0.455. The summed E-state index contributed by atoms with van der Waals surface area (Å²) in [6, 6.07) is 23.6. The number of aromatic nitrogens is 2. The Morgan fingerprint density at radius 3 is 1.54 bits per heavy atom. The molecule has 2 aromatic carbocycles. The molecule has 6 rings (SSSR count). The molecule has 306 valence electrons. The van der Waals surface area contributed by atoms with Crippen LogP contribution in [0.3, 0.4) is 0 Å². The van der Waals surface area contributed by atoms with Crippen LogP contribution >= 0.6 is 15.9 Å². The van der Waals surface area contributed by atoms with Crippen molar-refractivity contribution in [2.45, 2.75) is 51.9 Å². The van der Waals surface area contributed by atoms with E-state index in [9.17, 15) is 9.59 Å². The zero-order valence-electron chi connectivity index (χ0n) is 33.2. The zero-order valence-corrected chi connectivity index (χ0v) is 34.8. The molecule has 2 aliphatic rings. The number of halogens is 1. The van der Waals surface area contributed by atoms with Crippen molar-refractivity contribution in [2.75, 3.05) is 88.7 Å². The number of rotatable bonds is 23. The molecule has 12 nitrogen and oxygen atoms in total. The first-order valence-corrected chi connectivity index (χ1v) is 20.9. The van der Waals surface area contributed by atoms with Crippen LogP contribution in [0.4, 0.5) is 21.0 Å². The second kappa shape index (κ2) is 24.8. The van der Waals surface area contributed by atoms with Crippen LogP contribution < -0.4 is 19.3 Å². The minimum Gasteiger partial charge on any atom is -0.494 e. The number of unbranched alkanes of at least 4 members (excludes halogenated alkanes) is 4. The molecule has 4 amide bonds. The summed E-state index contributed by atoms with van der Waals surface area (Å²) in [4.78, 5) is 40.4. The fourth-order valence-corrected chi connectivity index (χ4v) is 6.68. The molecule has 2 fully saturated rings. The van der Waals surface area contributed by atoms with Crippen LogP contribution in [0.5, 0.6) is 11.5 Å². The largest absolute Gasteiger partial charge is 0.494 e. The Hall–Kier alpha value is -4.72. The van der Waals surface area contributed by atoms with Gasteiger partial charge in [0.2, 0.25) is 0 Å². The predicted molar refractivity (Wildman–Crippen MR) is 227 cm³/mol. The van der Waals surface area contributed by atoms with E-state index in [4.69, 9.17) is 18.9 Å². The number of benzene rings is 2. The Morgan fingerprint density at radius 2 is 0.965 bits per heavy atom. The second-order valence-electron chi connectivity index (χ2n) is 13.9. The topological polar surface area (TPSA) is 110 Å². The third-order valence-electron chi connectivity index (χ3n) is 9.60. The van der Waals surface area contributed by atoms with Crippen molar-refractivity contribution in [3.8, 4) is 11.5 Å². The van der Waals surface area contributed by atoms with Gasteiger partial charge in [-0.3, -0.25) is 19.8 Å². The van der Waals surface area contributed by atoms with Gasteiger partial charge in [-0.2, -0.15) is 0 Å². The Bertz CT molecular complexity index is 1720. The smallest absolute Gasteiger partial charge is 0.324 e. The molecule has 4 aromatic rings. The molecule has 0 spiro atoms. The van der Waals surface area contributed by atoms with Crippen LogP contribution in [-0.2, 0) is 9.47 Å². The monoisotopic (exact) mass is 844 g/mol. The summed E-state index contributed by atoms with van der Waals surface area (Å²) in [6.07, 6.45) is 14.0. The number of carbonyl (C=O) groups is 2. The zero-order chi connectivity index (χ0) is 39.9. The van der Waals surface area contributed by atoms with Gasteiger partial charge in [-0.1, -0.05) is 46.5 Å². The van der Waals surface area contributed by atoms with Gasteiger partial charge < -0.3 is 28.7 Å². The van der Waals surface area contributed by atoms with Crippen molar-refractivity contribution < 1.29 is 28.5 Å². The number of amides is 4. The van der Waals surface area contributed by atoms with Crippen molar-refractivity contribution in [3.05, 3.63) is 108 Å². The maximum atomic E-state index is 12.5. The van der Waals surface area contributed by atoms with Crippen LogP contribution in [0.2, 0.25) is 0 Å². The second-order valence-corrected chi connectivity index (χ2v) is 14.8. The molecule has 13 heteroatoms. The molecule has 0 radical (unpaired) electrons. The van der Waals surface area contributed by atoms with Crippen LogP contribution in [0, 0.1) is 6.92 Å². The number of pyridine rings is 2. The Kier molecular flexibility index (Phi) is 18.9. The normalized spacial score (nSPS) is 13.9. The summed E-state index contributed by atoms with van der Waals surface area (Å²) < 4.78 is 23.6. The number of aryl methyl sites for hydroxylation is 1. The lowest BCUT2D eigenvalue weighted by Gasteiger charge is -2.18. The van der Waals surface area contributed by atoms with Gasteiger partial charge in [0.05, 0.1) is 13.2 Å². The van der Waals surface area contributed by atoms with Gasteiger partial charge in [-0.05, 0) is 93.3 Å². The molecule has 0 atom stereocenters. The standard InChI is InChI=1S/C24H33N3O3.C20H24BrN3O3/c1-21-7-9-23(10-8-21)30-20-6-19-29-18-5-3-2-4-15-26-16-17-27(24(26)28)22-11-13-25-14-12-22;21-17-3-5-19(6-4-17)27-16-15-26-14-2-1-11-23-12-13-24(20(23)25)18-7-9-22-10-8-18/h7-14H,2-6,15-20H2,1H3;3-10H,1-2,11-16H2. The Balaban J connectivity index is 0.000000219. The predicted octanol–water partition coefficient (Wildman–Crippen LogP) is 8.64. The van der Waals surface area contributed by atoms with Crippen molar-refractivity contribution in [3.63, 3.8) is 0 Å². The van der Waals surface area contributed by atoms with Gasteiger partial charge in [-0.25, -0.2) is 9.59 Å². The molecule has 2 aromatic heterocycles. The molecule has 0 unspecified atom stereocenters. The SMILES string of the molecule is Cc1ccc(OCCCOCCCCCCN2CCN(c3ccncc3)C2=O)cc1.O=C1N(CCCCOCCOc2ccc(Br)cc2)CCN1c1ccncc1. The molecular formula is C44H57BrN6O6. The van der Waals surface area contributed by atoms with Crippen molar-refractivity contribution >= 4 is 39.4 Å². The lowest BCUT2D eigenvalue weighted by Crippen LogP contribution is -2.32. The van der Waals surface area contributed by atoms with Crippen molar-refractivity contribution in [2.24, 2.45) is 0 Å². The molecule has 0 aliphatic carbocycles. The van der Waals surface area contributed by atoms with Crippen molar-refractivity contribution in [1.29, 1.82) is 0 Å². The molecule has 2 saturated heterocycles. The highest BCUT2D eigenvalue weighted by Gasteiger charge is 2.29. The quantitative estimate of drug-likeness (QED) is 0.0683. The lowest BCUT2D eigenvalue weighted by atomic mass is 10.2. The van der Waals surface area contributed by atoms with E-state index in [1.807, 2.05) is 75.4 Å². The summed E-state index contributed by atoms with van der Waals surface area (Å²) in [5.41, 5.74) is 3.08. The van der Waals surface area contributed by atoms with E-state index in [-0.39, 0.29) is 12.1 Å². The van der Waals surface area contributed by atoms with Gasteiger partial charge >= 0.3 is 12.1 Å². The molecule has 0 bridgehead atoms. The lowest BCUT2D eigenvalue weighted by molar-refractivity contribution is 0.0963. The third kappa shape index (κ3) is 15.3. The van der Waals surface area contributed by atoms with Crippen LogP contribution in [0.25, 0.3) is 0 Å². The van der Waals surface area contributed by atoms with Gasteiger partial charge in [-0.15, -0.1) is 0 Å². The number of urea groups is 2. The number of ether oxygens (including phenoxy) is 4. The van der Waals surface area contributed by atoms with Gasteiger partial charge in [0.15, 0.2) is 0 Å². The number of carbonyl (C=O) groups excluding carboxylic acids is 2. The molecule has 2 aliphatic heterocycles. The molecule has 4 heterocycles. The van der Waals surface area contributed by atoms with Crippen molar-refractivity contribution in [1.82, 2.24) is 19.8 Å². The van der Waals surface area contributed by atoms with E-state index < -0.39 is 0 Å². The van der Waals surface area contributed by atoms with E-state index in [2.05, 4.69) is 45.0 Å². The fourth-order valence-electron chi connectivity index (χ4n) is 6.41. The van der Waals surface area contributed by atoms with E-state index in [1.165, 1.54) is 5.56 Å². The Labute approximate surface area is 346 Å². The number of anilines is 2. The average Bonchev–Trinajstić information content (AvgIpc) is 3.80. The summed E-state index contributed by atoms with van der Waals surface area (Å²) in [6.45, 7) is 10.7. The van der Waals surface area contributed by atoms with E-state index in [0.29, 0.717) is 26.4 Å². The minimum atomic E-state index is 0.0741. The first kappa shape index (κ1) is 43.4. The van der Waals surface area contributed by atoms with E-state index >= 15 is 0 Å². The van der Waals surface area contributed by atoms with E-state index in [0.717, 1.165) is 125 Å². The summed E-state index contributed by atoms with van der Waals surface area (Å²) in [7, 11) is 0. The summed E-state index contributed by atoms with van der Waals surface area (Å²) >= 11 is 3.40. The van der Waals surface area contributed by atoms with Gasteiger partial charge in [0, 0.05) is 106 Å². The molecule has 0 saturated carbocycles. The molecular weight excluding hydrogens is 788 g/mol. The van der Waals surface area contributed by atoms with Gasteiger partial charge in [0.25, 0.3) is 0 Å². The molecule has 57 heavy (non-hydrogen) atoms. The van der Waals surface area contributed by atoms with Crippen LogP contribution in [0.1, 0.15) is 50.5 Å². The average molecular weight is 846 g/mol. The highest BCUT2D eigenvalue weighted by atomic mass is 79.9. The summed E-state index contributed by atoms with van der Waals surface area (Å²) in [5.74, 6) is 1.76. The molecule has 0 N–H and O–H groups in total. The number of hydrogen-bond donors (Lipinski definition) is 0. The van der Waals surface area contributed by atoms with Crippen LogP contribution in [0.15, 0.2) is 102 Å². The number of hydrogen-bond acceptors (Lipinski definition) is 8. The number of nitrogens with zero attached hydrogens (tertiary/aromatic N) is 6.